The molecular formula is C14H21NO2S. The molecule has 1 aliphatic carbocycles. The second-order valence-corrected chi connectivity index (χ2v) is 6.39. The third-order valence-electron chi connectivity index (χ3n) is 4.05. The summed E-state index contributed by atoms with van der Waals surface area (Å²) < 4.78 is 11.1. The summed E-state index contributed by atoms with van der Waals surface area (Å²) in [4.78, 5) is 4.80. The van der Waals surface area contributed by atoms with Crippen molar-refractivity contribution >= 4 is 11.3 Å². The van der Waals surface area contributed by atoms with Crippen LogP contribution in [0.15, 0.2) is 5.38 Å². The fraction of sp³-hybridized carbons (Fsp3) is 0.786. The Bertz CT molecular complexity index is 379. The summed E-state index contributed by atoms with van der Waals surface area (Å²) in [6, 6.07) is 0. The Labute approximate surface area is 113 Å². The van der Waals surface area contributed by atoms with E-state index in [1.165, 1.54) is 30.7 Å². The maximum Gasteiger partial charge on any atom is 0.124 e. The molecule has 1 unspecified atom stereocenters. The van der Waals surface area contributed by atoms with E-state index in [1.54, 1.807) is 11.3 Å². The predicted octanol–water partition coefficient (Wildman–Crippen LogP) is 3.52. The third kappa shape index (κ3) is 2.76. The number of hydrogen-bond donors (Lipinski definition) is 0. The number of rotatable bonds is 2. The molecule has 0 aromatic carbocycles. The van der Waals surface area contributed by atoms with Gasteiger partial charge in [-0.25, -0.2) is 4.98 Å². The predicted molar refractivity (Wildman–Crippen MR) is 72.0 cm³/mol. The smallest absolute Gasteiger partial charge is 0.124 e. The maximum absolute atomic E-state index is 5.70. The molecule has 18 heavy (non-hydrogen) atoms. The van der Waals surface area contributed by atoms with E-state index in [9.17, 15) is 0 Å². The average Bonchev–Trinajstić information content (AvgIpc) is 2.90. The van der Waals surface area contributed by atoms with E-state index in [-0.39, 0.29) is 6.10 Å². The molecule has 1 aliphatic heterocycles. The molecule has 0 spiro atoms. The van der Waals surface area contributed by atoms with Gasteiger partial charge in [0.2, 0.25) is 0 Å². The van der Waals surface area contributed by atoms with Crippen molar-refractivity contribution in [1.82, 2.24) is 4.98 Å². The van der Waals surface area contributed by atoms with E-state index in [1.807, 2.05) is 0 Å². The summed E-state index contributed by atoms with van der Waals surface area (Å²) in [5.74, 6) is 1.58. The molecule has 2 fully saturated rings. The van der Waals surface area contributed by atoms with E-state index in [0.717, 1.165) is 11.6 Å². The van der Waals surface area contributed by atoms with Crippen molar-refractivity contribution in [3.05, 3.63) is 16.1 Å². The lowest BCUT2D eigenvalue weighted by molar-refractivity contribution is -0.0916. The van der Waals surface area contributed by atoms with Crippen molar-refractivity contribution in [2.75, 3.05) is 19.8 Å². The monoisotopic (exact) mass is 267 g/mol. The molecular weight excluding hydrogens is 246 g/mol. The molecule has 2 aliphatic rings. The second-order valence-electron chi connectivity index (χ2n) is 5.50. The van der Waals surface area contributed by atoms with E-state index in [4.69, 9.17) is 14.5 Å². The largest absolute Gasteiger partial charge is 0.376 e. The number of aromatic nitrogens is 1. The van der Waals surface area contributed by atoms with Crippen molar-refractivity contribution < 1.29 is 9.47 Å². The molecule has 1 saturated heterocycles. The van der Waals surface area contributed by atoms with Crippen molar-refractivity contribution in [2.45, 2.75) is 44.6 Å². The molecule has 1 saturated carbocycles. The van der Waals surface area contributed by atoms with Crippen LogP contribution in [0.25, 0.3) is 0 Å². The lowest BCUT2D eigenvalue weighted by Crippen LogP contribution is -2.22. The molecule has 0 amide bonds. The molecule has 0 N–H and O–H groups in total. The molecule has 2 heterocycles. The van der Waals surface area contributed by atoms with Gasteiger partial charge in [0.25, 0.3) is 0 Å². The van der Waals surface area contributed by atoms with E-state index in [2.05, 4.69) is 12.3 Å². The molecule has 4 heteroatoms. The van der Waals surface area contributed by atoms with Gasteiger partial charge in [0.15, 0.2) is 0 Å². The van der Waals surface area contributed by atoms with Crippen LogP contribution in [-0.2, 0) is 9.47 Å². The van der Waals surface area contributed by atoms with Crippen LogP contribution in [0.5, 0.6) is 0 Å². The molecule has 3 nitrogen and oxygen atoms in total. The molecule has 3 rings (SSSR count). The average molecular weight is 267 g/mol. The SMILES string of the molecule is CC1CCC(c2nc(C3COCCO3)cs2)CC1. The van der Waals surface area contributed by atoms with Gasteiger partial charge < -0.3 is 9.47 Å². The first kappa shape index (κ1) is 12.6. The summed E-state index contributed by atoms with van der Waals surface area (Å²) in [6.07, 6.45) is 5.36. The van der Waals surface area contributed by atoms with Crippen molar-refractivity contribution in [1.29, 1.82) is 0 Å². The van der Waals surface area contributed by atoms with E-state index < -0.39 is 0 Å². The highest BCUT2D eigenvalue weighted by Gasteiger charge is 2.25. The van der Waals surface area contributed by atoms with Gasteiger partial charge in [-0.05, 0) is 18.8 Å². The Morgan fingerprint density at radius 2 is 2.06 bits per heavy atom. The zero-order chi connectivity index (χ0) is 12.4. The first-order chi connectivity index (χ1) is 8.83. The van der Waals surface area contributed by atoms with Gasteiger partial charge in [-0.15, -0.1) is 11.3 Å². The first-order valence-corrected chi connectivity index (χ1v) is 7.85. The summed E-state index contributed by atoms with van der Waals surface area (Å²) in [5.41, 5.74) is 1.08. The molecule has 0 radical (unpaired) electrons. The van der Waals surface area contributed by atoms with E-state index >= 15 is 0 Å². The summed E-state index contributed by atoms with van der Waals surface area (Å²) in [6.45, 7) is 4.42. The zero-order valence-corrected chi connectivity index (χ0v) is 11.7. The fourth-order valence-corrected chi connectivity index (χ4v) is 3.83. The van der Waals surface area contributed by atoms with Gasteiger partial charge in [-0.2, -0.15) is 0 Å². The highest BCUT2D eigenvalue weighted by Crippen LogP contribution is 2.37. The second kappa shape index (κ2) is 5.68. The Hall–Kier alpha value is -0.450. The molecule has 1 aromatic heterocycles. The number of ether oxygens (including phenoxy) is 2. The van der Waals surface area contributed by atoms with Gasteiger partial charge in [0.05, 0.1) is 30.5 Å². The topological polar surface area (TPSA) is 31.4 Å². The van der Waals surface area contributed by atoms with Crippen LogP contribution in [0.3, 0.4) is 0 Å². The standard InChI is InChI=1S/C14H21NO2S/c1-10-2-4-11(5-3-10)14-15-12(9-18-14)13-8-16-6-7-17-13/h9-11,13H,2-8H2,1H3. The van der Waals surface area contributed by atoms with Crippen molar-refractivity contribution in [3.8, 4) is 0 Å². The van der Waals surface area contributed by atoms with Gasteiger partial charge in [0.1, 0.15) is 6.10 Å². The summed E-state index contributed by atoms with van der Waals surface area (Å²) in [5, 5.41) is 3.47. The van der Waals surface area contributed by atoms with Gasteiger partial charge in [-0.1, -0.05) is 19.8 Å². The van der Waals surface area contributed by atoms with Crippen molar-refractivity contribution in [3.63, 3.8) is 0 Å². The number of hydrogen-bond acceptors (Lipinski definition) is 4. The summed E-state index contributed by atoms with van der Waals surface area (Å²) >= 11 is 1.80. The van der Waals surface area contributed by atoms with Gasteiger partial charge in [-0.3, -0.25) is 0 Å². The molecule has 1 atom stereocenters. The summed E-state index contributed by atoms with van der Waals surface area (Å²) in [7, 11) is 0. The van der Waals surface area contributed by atoms with Crippen LogP contribution in [-0.4, -0.2) is 24.8 Å². The molecule has 0 bridgehead atoms. The lowest BCUT2D eigenvalue weighted by atomic mass is 9.83. The highest BCUT2D eigenvalue weighted by atomic mass is 32.1. The zero-order valence-electron chi connectivity index (χ0n) is 10.9. The normalized spacial score (nSPS) is 33.5. The fourth-order valence-electron chi connectivity index (χ4n) is 2.80. The Morgan fingerprint density at radius 3 is 2.78 bits per heavy atom. The van der Waals surface area contributed by atoms with E-state index in [0.29, 0.717) is 25.7 Å². The number of nitrogens with zero attached hydrogens (tertiary/aromatic N) is 1. The first-order valence-electron chi connectivity index (χ1n) is 6.97. The van der Waals surface area contributed by atoms with Crippen LogP contribution in [0, 0.1) is 5.92 Å². The van der Waals surface area contributed by atoms with Gasteiger partial charge in [0, 0.05) is 11.3 Å². The molecule has 100 valence electrons. The van der Waals surface area contributed by atoms with Crippen LogP contribution < -0.4 is 0 Å². The quantitative estimate of drug-likeness (QED) is 0.821. The van der Waals surface area contributed by atoms with Crippen LogP contribution in [0.4, 0.5) is 0 Å². The van der Waals surface area contributed by atoms with Gasteiger partial charge >= 0.3 is 0 Å². The minimum atomic E-state index is 0.0614. The lowest BCUT2D eigenvalue weighted by Gasteiger charge is -2.24. The van der Waals surface area contributed by atoms with Crippen LogP contribution >= 0.6 is 11.3 Å². The van der Waals surface area contributed by atoms with Crippen LogP contribution in [0.1, 0.15) is 55.3 Å². The molecule has 1 aromatic rings. The highest BCUT2D eigenvalue weighted by molar-refractivity contribution is 7.09. The maximum atomic E-state index is 5.70. The minimum absolute atomic E-state index is 0.0614. The van der Waals surface area contributed by atoms with Crippen LogP contribution in [0.2, 0.25) is 0 Å². The van der Waals surface area contributed by atoms with Crippen molar-refractivity contribution in [2.24, 2.45) is 5.92 Å². The number of thiazole rings is 1. The Kier molecular flexibility index (Phi) is 3.97. The third-order valence-corrected chi connectivity index (χ3v) is 5.08. The minimum Gasteiger partial charge on any atom is -0.376 e. The Morgan fingerprint density at radius 1 is 1.22 bits per heavy atom. The Balaban J connectivity index is 1.65.